The monoisotopic (exact) mass is 309 g/mol. The molecular weight excluding hydrogens is 294 g/mol. The average molecular weight is 309 g/mol. The molecule has 5 nitrogen and oxygen atoms in total. The highest BCUT2D eigenvalue weighted by atomic mass is 16.6. The van der Waals surface area contributed by atoms with Crippen molar-refractivity contribution in [2.45, 2.75) is 0 Å². The summed E-state index contributed by atoms with van der Waals surface area (Å²) in [7, 11) is 3.14. The first-order valence-corrected chi connectivity index (χ1v) is 7.01. The highest BCUT2D eigenvalue weighted by Gasteiger charge is 2.24. The fraction of sp³-hybridized carbons (Fsp3) is 0.111. The number of ether oxygens (including phenoxy) is 3. The van der Waals surface area contributed by atoms with Gasteiger partial charge in [0.1, 0.15) is 11.5 Å². The summed E-state index contributed by atoms with van der Waals surface area (Å²) in [6, 6.07) is 14.6. The molecule has 0 saturated carbocycles. The maximum absolute atomic E-state index is 12.0. The summed E-state index contributed by atoms with van der Waals surface area (Å²) in [4.78, 5) is 16.3. The quantitative estimate of drug-likeness (QED) is 0.643. The molecule has 0 aliphatic carbocycles. The lowest BCUT2D eigenvalue weighted by atomic mass is 10.1. The summed E-state index contributed by atoms with van der Waals surface area (Å²) < 4.78 is 15.7. The number of rotatable bonds is 4. The number of methoxy groups -OCH3 is 2. The molecule has 1 heterocycles. The zero-order chi connectivity index (χ0) is 16.2. The molecule has 0 unspecified atom stereocenters. The molecule has 2 aromatic carbocycles. The third-order valence-electron chi connectivity index (χ3n) is 3.37. The molecule has 0 fully saturated rings. The summed E-state index contributed by atoms with van der Waals surface area (Å²) >= 11 is 0. The number of esters is 1. The Labute approximate surface area is 133 Å². The number of carbonyl (C=O) groups is 1. The van der Waals surface area contributed by atoms with Crippen LogP contribution >= 0.6 is 0 Å². The zero-order valence-corrected chi connectivity index (χ0v) is 12.8. The second kappa shape index (κ2) is 6.36. The summed E-state index contributed by atoms with van der Waals surface area (Å²) in [5.41, 5.74) is 1.66. The van der Waals surface area contributed by atoms with Crippen LogP contribution in [0.4, 0.5) is 0 Å². The van der Waals surface area contributed by atoms with Crippen molar-refractivity contribution >= 4 is 17.9 Å². The van der Waals surface area contributed by atoms with Gasteiger partial charge in [0.2, 0.25) is 5.90 Å². The lowest BCUT2D eigenvalue weighted by Crippen LogP contribution is -2.05. The number of benzene rings is 2. The average Bonchev–Trinajstić information content (AvgIpc) is 2.96. The van der Waals surface area contributed by atoms with Gasteiger partial charge in [-0.1, -0.05) is 18.2 Å². The predicted octanol–water partition coefficient (Wildman–Crippen LogP) is 3.05. The minimum atomic E-state index is -0.492. The molecule has 0 bridgehead atoms. The topological polar surface area (TPSA) is 57.1 Å². The van der Waals surface area contributed by atoms with Crippen molar-refractivity contribution in [3.05, 3.63) is 65.4 Å². The maximum Gasteiger partial charge on any atom is 0.363 e. The predicted molar refractivity (Wildman–Crippen MR) is 86.6 cm³/mol. The molecule has 0 spiro atoms. The molecule has 23 heavy (non-hydrogen) atoms. The molecule has 0 N–H and O–H groups in total. The second-order valence-electron chi connectivity index (χ2n) is 4.81. The van der Waals surface area contributed by atoms with Gasteiger partial charge in [0, 0.05) is 11.1 Å². The molecule has 0 amide bonds. The van der Waals surface area contributed by atoms with Gasteiger partial charge in [0.25, 0.3) is 0 Å². The van der Waals surface area contributed by atoms with Gasteiger partial charge < -0.3 is 14.2 Å². The Morgan fingerprint density at radius 1 is 1.04 bits per heavy atom. The van der Waals surface area contributed by atoms with Gasteiger partial charge >= 0.3 is 5.97 Å². The van der Waals surface area contributed by atoms with Crippen LogP contribution in [-0.4, -0.2) is 26.1 Å². The number of hydrogen-bond acceptors (Lipinski definition) is 5. The van der Waals surface area contributed by atoms with Crippen LogP contribution in [-0.2, 0) is 9.53 Å². The Hall–Kier alpha value is -3.08. The molecule has 3 rings (SSSR count). The van der Waals surface area contributed by atoms with Crippen molar-refractivity contribution in [3.8, 4) is 11.5 Å². The molecular formula is C18H15NO4. The molecule has 0 atom stereocenters. The van der Waals surface area contributed by atoms with Crippen LogP contribution in [0, 0.1) is 0 Å². The summed E-state index contributed by atoms with van der Waals surface area (Å²) in [5.74, 6) is 1.09. The third-order valence-corrected chi connectivity index (χ3v) is 3.37. The van der Waals surface area contributed by atoms with Crippen molar-refractivity contribution in [2.24, 2.45) is 4.99 Å². The second-order valence-corrected chi connectivity index (χ2v) is 4.81. The fourth-order valence-corrected chi connectivity index (χ4v) is 2.21. The van der Waals surface area contributed by atoms with E-state index in [-0.39, 0.29) is 5.70 Å². The van der Waals surface area contributed by atoms with Crippen LogP contribution in [0.5, 0.6) is 11.5 Å². The molecule has 2 aromatic rings. The molecule has 0 aromatic heterocycles. The zero-order valence-electron chi connectivity index (χ0n) is 12.8. The Morgan fingerprint density at radius 3 is 2.52 bits per heavy atom. The summed E-state index contributed by atoms with van der Waals surface area (Å²) in [5, 5.41) is 0. The number of hydrogen-bond donors (Lipinski definition) is 0. The smallest absolute Gasteiger partial charge is 0.363 e. The highest BCUT2D eigenvalue weighted by molar-refractivity contribution is 6.12. The van der Waals surface area contributed by atoms with Crippen molar-refractivity contribution < 1.29 is 19.0 Å². The molecule has 0 saturated heterocycles. The van der Waals surface area contributed by atoms with E-state index in [4.69, 9.17) is 14.2 Å². The van der Waals surface area contributed by atoms with Crippen LogP contribution in [0.2, 0.25) is 0 Å². The lowest BCUT2D eigenvalue weighted by Gasteiger charge is -2.07. The van der Waals surface area contributed by atoms with E-state index in [1.807, 2.05) is 30.3 Å². The van der Waals surface area contributed by atoms with E-state index in [2.05, 4.69) is 4.99 Å². The van der Waals surface area contributed by atoms with Crippen molar-refractivity contribution in [1.82, 2.24) is 0 Å². The van der Waals surface area contributed by atoms with Crippen molar-refractivity contribution in [1.29, 1.82) is 0 Å². The maximum atomic E-state index is 12.0. The van der Waals surface area contributed by atoms with Crippen LogP contribution in [0.1, 0.15) is 11.1 Å². The van der Waals surface area contributed by atoms with E-state index >= 15 is 0 Å². The van der Waals surface area contributed by atoms with Crippen LogP contribution in [0.15, 0.2) is 59.2 Å². The number of carbonyl (C=O) groups excluding carboxylic acids is 1. The van der Waals surface area contributed by atoms with Crippen LogP contribution < -0.4 is 9.47 Å². The minimum Gasteiger partial charge on any atom is -0.497 e. The Kier molecular flexibility index (Phi) is 4.10. The molecule has 5 heteroatoms. The van der Waals surface area contributed by atoms with Gasteiger partial charge in [-0.3, -0.25) is 0 Å². The van der Waals surface area contributed by atoms with Crippen molar-refractivity contribution in [2.75, 3.05) is 14.2 Å². The normalized spacial score (nSPS) is 15.3. The van der Waals surface area contributed by atoms with Gasteiger partial charge in [-0.2, -0.15) is 0 Å². The van der Waals surface area contributed by atoms with Crippen LogP contribution in [0.25, 0.3) is 6.08 Å². The SMILES string of the molecule is COc1ccc(OC)c(/C=C2/N=C(c3ccccc3)OC2=O)c1. The standard InChI is InChI=1S/C18H15NO4/c1-21-14-8-9-16(22-2)13(10-14)11-15-18(20)23-17(19-15)12-6-4-3-5-7-12/h3-11H,1-2H3/b15-11+. The first-order valence-electron chi connectivity index (χ1n) is 7.01. The lowest BCUT2D eigenvalue weighted by molar-refractivity contribution is -0.129. The number of aliphatic imine (C=N–C) groups is 1. The number of nitrogens with zero attached hydrogens (tertiary/aromatic N) is 1. The molecule has 1 aliphatic heterocycles. The summed E-state index contributed by atoms with van der Waals surface area (Å²) in [6.07, 6.45) is 1.62. The van der Waals surface area contributed by atoms with Gasteiger partial charge in [-0.15, -0.1) is 0 Å². The minimum absolute atomic E-state index is 0.218. The van der Waals surface area contributed by atoms with E-state index in [0.717, 1.165) is 5.56 Å². The third kappa shape index (κ3) is 3.08. The van der Waals surface area contributed by atoms with Gasteiger partial charge in [-0.05, 0) is 36.4 Å². The van der Waals surface area contributed by atoms with E-state index < -0.39 is 5.97 Å². The first-order chi connectivity index (χ1) is 11.2. The molecule has 0 radical (unpaired) electrons. The van der Waals surface area contributed by atoms with Gasteiger partial charge in [0.15, 0.2) is 5.70 Å². The van der Waals surface area contributed by atoms with Gasteiger partial charge in [0.05, 0.1) is 14.2 Å². The van der Waals surface area contributed by atoms with E-state index in [1.54, 1.807) is 38.5 Å². The molecule has 1 aliphatic rings. The van der Waals surface area contributed by atoms with Crippen molar-refractivity contribution in [3.63, 3.8) is 0 Å². The van der Waals surface area contributed by atoms with E-state index in [0.29, 0.717) is 23.0 Å². The Morgan fingerprint density at radius 2 is 1.83 bits per heavy atom. The Balaban J connectivity index is 1.99. The molecule has 116 valence electrons. The Bertz CT molecular complexity index is 794. The number of cyclic esters (lactones) is 1. The van der Waals surface area contributed by atoms with E-state index in [9.17, 15) is 4.79 Å². The first kappa shape index (κ1) is 14.8. The fourth-order valence-electron chi connectivity index (χ4n) is 2.21. The summed E-state index contributed by atoms with van der Waals surface area (Å²) in [6.45, 7) is 0. The largest absolute Gasteiger partial charge is 0.497 e. The van der Waals surface area contributed by atoms with Gasteiger partial charge in [-0.25, -0.2) is 9.79 Å². The van der Waals surface area contributed by atoms with Crippen LogP contribution in [0.3, 0.4) is 0 Å². The van der Waals surface area contributed by atoms with E-state index in [1.165, 1.54) is 0 Å². The highest BCUT2D eigenvalue weighted by Crippen LogP contribution is 2.28.